The second-order valence-corrected chi connectivity index (χ2v) is 8.94. The van der Waals surface area contributed by atoms with E-state index in [-0.39, 0.29) is 35.5 Å². The highest BCUT2D eigenvalue weighted by atomic mass is 127. The molecule has 0 amide bonds. The number of benzene rings is 1. The summed E-state index contributed by atoms with van der Waals surface area (Å²) in [5.41, 5.74) is 1.59. The molecule has 3 fully saturated rings. The van der Waals surface area contributed by atoms with Crippen molar-refractivity contribution in [3.8, 4) is 0 Å². The highest BCUT2D eigenvalue weighted by Gasteiger charge is 2.45. The smallest absolute Gasteiger partial charge is 0.191 e. The van der Waals surface area contributed by atoms with Gasteiger partial charge in [-0.1, -0.05) is 34.1 Å². The molecular formula is C21H32BrIN4O. The number of guanidine groups is 1. The molecule has 2 heterocycles. The standard InChI is InChI=1S/C21H31BrN4O.HI/c1-2-23-20(24-12-17-13-26-11-5-6-16(26)14-27-17)25-15-21(9-10-21)18-7-3-4-8-19(18)22;/h3-4,7-8,16-17H,2,5-6,9-15H2,1H3,(H2,23,24,25);1H. The lowest BCUT2D eigenvalue weighted by Gasteiger charge is -2.35. The Balaban J connectivity index is 0.00000225. The van der Waals surface area contributed by atoms with Gasteiger partial charge >= 0.3 is 0 Å². The summed E-state index contributed by atoms with van der Waals surface area (Å²) in [5.74, 6) is 0.906. The van der Waals surface area contributed by atoms with E-state index >= 15 is 0 Å². The number of fused-ring (bicyclic) bond motifs is 1. The van der Waals surface area contributed by atoms with Gasteiger partial charge in [0.15, 0.2) is 5.96 Å². The Bertz CT molecular complexity index is 682. The maximum Gasteiger partial charge on any atom is 0.191 e. The molecule has 3 aliphatic rings. The quantitative estimate of drug-likeness (QED) is 0.316. The Hall–Kier alpha value is -0.380. The van der Waals surface area contributed by atoms with Crippen LogP contribution in [0.5, 0.6) is 0 Å². The lowest BCUT2D eigenvalue weighted by molar-refractivity contribution is -0.0453. The van der Waals surface area contributed by atoms with Crippen LogP contribution in [0.2, 0.25) is 0 Å². The van der Waals surface area contributed by atoms with Crippen molar-refractivity contribution in [2.24, 2.45) is 4.99 Å². The van der Waals surface area contributed by atoms with Gasteiger partial charge in [-0.15, -0.1) is 24.0 Å². The van der Waals surface area contributed by atoms with Gasteiger partial charge in [-0.3, -0.25) is 9.89 Å². The van der Waals surface area contributed by atoms with E-state index in [0.29, 0.717) is 6.04 Å². The van der Waals surface area contributed by atoms with E-state index in [0.717, 1.165) is 38.7 Å². The molecule has 1 saturated carbocycles. The number of hydrogen-bond donors (Lipinski definition) is 2. The van der Waals surface area contributed by atoms with Gasteiger partial charge in [-0.05, 0) is 50.8 Å². The number of halogens is 2. The Kier molecular flexibility index (Phi) is 8.04. The minimum absolute atomic E-state index is 0. The van der Waals surface area contributed by atoms with Crippen LogP contribution >= 0.6 is 39.9 Å². The average Bonchev–Trinajstić information content (AvgIpc) is 3.32. The average molecular weight is 563 g/mol. The van der Waals surface area contributed by atoms with Crippen molar-refractivity contribution >= 4 is 45.9 Å². The first-order valence-electron chi connectivity index (χ1n) is 10.3. The first-order valence-corrected chi connectivity index (χ1v) is 11.1. The van der Waals surface area contributed by atoms with Gasteiger partial charge in [0, 0.05) is 35.6 Å². The molecule has 5 nitrogen and oxygen atoms in total. The second kappa shape index (κ2) is 10.1. The van der Waals surface area contributed by atoms with Gasteiger partial charge in [0.05, 0.1) is 19.3 Å². The topological polar surface area (TPSA) is 48.9 Å². The van der Waals surface area contributed by atoms with Crippen LogP contribution in [0.25, 0.3) is 0 Å². The predicted molar refractivity (Wildman–Crippen MR) is 129 cm³/mol. The normalized spacial score (nSPS) is 26.3. The van der Waals surface area contributed by atoms with Crippen LogP contribution in [0.1, 0.15) is 38.2 Å². The number of nitrogens with zero attached hydrogens (tertiary/aromatic N) is 2. The summed E-state index contributed by atoms with van der Waals surface area (Å²) in [5, 5.41) is 6.91. The fourth-order valence-electron chi connectivity index (χ4n) is 4.35. The summed E-state index contributed by atoms with van der Waals surface area (Å²) >= 11 is 3.71. The largest absolute Gasteiger partial charge is 0.373 e. The Morgan fingerprint density at radius 1 is 1.32 bits per heavy atom. The van der Waals surface area contributed by atoms with E-state index in [9.17, 15) is 0 Å². The number of nitrogens with one attached hydrogen (secondary N) is 2. The van der Waals surface area contributed by atoms with Crippen molar-refractivity contribution in [1.29, 1.82) is 0 Å². The first-order chi connectivity index (χ1) is 13.2. The van der Waals surface area contributed by atoms with E-state index in [2.05, 4.69) is 62.7 Å². The third kappa shape index (κ3) is 5.21. The molecule has 7 heteroatoms. The van der Waals surface area contributed by atoms with Crippen molar-refractivity contribution in [1.82, 2.24) is 15.5 Å². The SMILES string of the molecule is CCNC(=NCC1(c2ccccc2Br)CC1)NCC1CN2CCCC2CO1.I. The fourth-order valence-corrected chi connectivity index (χ4v) is 5.05. The number of hydrogen-bond acceptors (Lipinski definition) is 3. The molecule has 1 aliphatic carbocycles. The number of ether oxygens (including phenoxy) is 1. The highest BCUT2D eigenvalue weighted by Crippen LogP contribution is 2.50. The molecule has 1 aromatic rings. The monoisotopic (exact) mass is 562 g/mol. The third-order valence-electron chi connectivity index (χ3n) is 6.14. The zero-order valence-electron chi connectivity index (χ0n) is 16.6. The summed E-state index contributed by atoms with van der Waals surface area (Å²) in [6, 6.07) is 9.22. The minimum Gasteiger partial charge on any atom is -0.373 e. The Morgan fingerprint density at radius 2 is 2.14 bits per heavy atom. The van der Waals surface area contributed by atoms with Crippen LogP contribution < -0.4 is 10.6 Å². The van der Waals surface area contributed by atoms with E-state index in [1.54, 1.807) is 0 Å². The molecule has 0 radical (unpaired) electrons. The van der Waals surface area contributed by atoms with Gasteiger partial charge in [-0.25, -0.2) is 0 Å². The first kappa shape index (κ1) is 22.3. The molecule has 2 unspecified atom stereocenters. The maximum absolute atomic E-state index is 6.07. The Morgan fingerprint density at radius 3 is 2.89 bits per heavy atom. The van der Waals surface area contributed by atoms with Gasteiger partial charge in [0.25, 0.3) is 0 Å². The van der Waals surface area contributed by atoms with E-state index in [1.807, 2.05) is 0 Å². The molecule has 2 N–H and O–H groups in total. The fraction of sp³-hybridized carbons (Fsp3) is 0.667. The summed E-state index contributed by atoms with van der Waals surface area (Å²) in [6.45, 7) is 7.77. The molecule has 156 valence electrons. The second-order valence-electron chi connectivity index (χ2n) is 8.08. The predicted octanol–water partition coefficient (Wildman–Crippen LogP) is 3.52. The van der Waals surface area contributed by atoms with Crippen LogP contribution in [0.15, 0.2) is 33.7 Å². The van der Waals surface area contributed by atoms with E-state index in [1.165, 1.54) is 42.3 Å². The van der Waals surface area contributed by atoms with Crippen LogP contribution in [0.3, 0.4) is 0 Å². The lowest BCUT2D eigenvalue weighted by Crippen LogP contribution is -2.51. The molecular weight excluding hydrogens is 531 g/mol. The Labute approximate surface area is 194 Å². The zero-order chi connectivity index (χ0) is 18.7. The summed E-state index contributed by atoms with van der Waals surface area (Å²) in [4.78, 5) is 7.51. The lowest BCUT2D eigenvalue weighted by atomic mass is 9.96. The van der Waals surface area contributed by atoms with Gasteiger partial charge in [-0.2, -0.15) is 0 Å². The number of rotatable bonds is 6. The molecule has 0 aromatic heterocycles. The van der Waals surface area contributed by atoms with Crippen molar-refractivity contribution in [2.75, 3.05) is 39.3 Å². The molecule has 0 spiro atoms. The van der Waals surface area contributed by atoms with Crippen LogP contribution in [-0.2, 0) is 10.2 Å². The zero-order valence-corrected chi connectivity index (χ0v) is 20.5. The maximum atomic E-state index is 6.07. The molecule has 2 saturated heterocycles. The van der Waals surface area contributed by atoms with Crippen LogP contribution in [0, 0.1) is 0 Å². The van der Waals surface area contributed by atoms with Crippen LogP contribution in [-0.4, -0.2) is 62.3 Å². The molecule has 1 aromatic carbocycles. The summed E-state index contributed by atoms with van der Waals surface area (Å²) in [6.07, 6.45) is 5.28. The molecule has 4 rings (SSSR count). The molecule has 0 bridgehead atoms. The van der Waals surface area contributed by atoms with Crippen molar-refractivity contribution in [2.45, 2.75) is 50.2 Å². The van der Waals surface area contributed by atoms with E-state index < -0.39 is 0 Å². The van der Waals surface area contributed by atoms with Gasteiger partial charge < -0.3 is 15.4 Å². The van der Waals surface area contributed by atoms with Gasteiger partial charge in [0.2, 0.25) is 0 Å². The number of aliphatic imine (C=N–C) groups is 1. The van der Waals surface area contributed by atoms with Crippen molar-refractivity contribution < 1.29 is 4.74 Å². The minimum atomic E-state index is 0. The van der Waals surface area contributed by atoms with Crippen LogP contribution in [0.4, 0.5) is 0 Å². The number of morpholine rings is 1. The van der Waals surface area contributed by atoms with Gasteiger partial charge in [0.1, 0.15) is 0 Å². The van der Waals surface area contributed by atoms with E-state index in [4.69, 9.17) is 9.73 Å². The molecule has 2 atom stereocenters. The summed E-state index contributed by atoms with van der Waals surface area (Å²) < 4.78 is 7.27. The third-order valence-corrected chi connectivity index (χ3v) is 6.83. The van der Waals surface area contributed by atoms with Crippen molar-refractivity contribution in [3.05, 3.63) is 34.3 Å². The highest BCUT2D eigenvalue weighted by molar-refractivity contribution is 14.0. The molecule has 28 heavy (non-hydrogen) atoms. The summed E-state index contributed by atoms with van der Waals surface area (Å²) in [7, 11) is 0. The van der Waals surface area contributed by atoms with Crippen molar-refractivity contribution in [3.63, 3.8) is 0 Å². The molecule has 2 aliphatic heterocycles.